The smallest absolute Gasteiger partial charge is 0.305 e. The average molecular weight is 364 g/mol. The lowest BCUT2D eigenvalue weighted by Crippen LogP contribution is -2.19. The lowest BCUT2D eigenvalue weighted by atomic mass is 9.87. The van der Waals surface area contributed by atoms with Gasteiger partial charge in [0.15, 0.2) is 0 Å². The van der Waals surface area contributed by atoms with Gasteiger partial charge in [0.1, 0.15) is 11.6 Å². The summed E-state index contributed by atoms with van der Waals surface area (Å²) in [6.07, 6.45) is 8.12. The molecular formula is C20H28O6. The molecule has 6 heteroatoms. The number of carbonyl (C=O) groups excluding carboxylic acids is 4. The lowest BCUT2D eigenvalue weighted by molar-refractivity contribution is -0.143. The fourth-order valence-corrected chi connectivity index (χ4v) is 4.17. The summed E-state index contributed by atoms with van der Waals surface area (Å²) in [5.41, 5.74) is 0. The zero-order chi connectivity index (χ0) is 19.1. The highest BCUT2D eigenvalue weighted by Gasteiger charge is 2.36. The van der Waals surface area contributed by atoms with Crippen molar-refractivity contribution in [1.29, 1.82) is 0 Å². The summed E-state index contributed by atoms with van der Waals surface area (Å²) < 4.78 is 9.42. The Bertz CT molecular complexity index is 529. The number of esters is 2. The Morgan fingerprint density at radius 2 is 1.23 bits per heavy atom. The van der Waals surface area contributed by atoms with E-state index in [-0.39, 0.29) is 60.0 Å². The van der Waals surface area contributed by atoms with Gasteiger partial charge in [0.25, 0.3) is 0 Å². The van der Waals surface area contributed by atoms with E-state index >= 15 is 0 Å². The molecule has 0 saturated heterocycles. The standard InChI is InChI=1S/C20H28O6/c1-25-19(23)11-13-7-9-17(21)15(13)5-3-4-6-16-14(8-10-18(16)22)12-20(24)26-2/h3-4,13-16H,5-12H2,1-2H3/b4-3+/t13-,14-,15-,16-/m1/s1. The van der Waals surface area contributed by atoms with E-state index in [1.807, 2.05) is 12.2 Å². The van der Waals surface area contributed by atoms with Crippen molar-refractivity contribution in [1.82, 2.24) is 0 Å². The molecule has 0 aromatic rings. The van der Waals surface area contributed by atoms with E-state index in [1.165, 1.54) is 14.2 Å². The van der Waals surface area contributed by atoms with Crippen molar-refractivity contribution < 1.29 is 28.7 Å². The van der Waals surface area contributed by atoms with E-state index in [2.05, 4.69) is 0 Å². The van der Waals surface area contributed by atoms with Gasteiger partial charge in [-0.25, -0.2) is 0 Å². The van der Waals surface area contributed by atoms with Crippen LogP contribution in [0.5, 0.6) is 0 Å². The predicted octanol–water partition coefficient (Wildman–Crippen LogP) is 2.64. The summed E-state index contributed by atoms with van der Waals surface area (Å²) in [6, 6.07) is 0. The molecule has 0 aromatic heterocycles. The molecular weight excluding hydrogens is 336 g/mol. The molecule has 2 saturated carbocycles. The first kappa shape index (κ1) is 20.3. The van der Waals surface area contributed by atoms with Crippen molar-refractivity contribution in [3.63, 3.8) is 0 Å². The summed E-state index contributed by atoms with van der Waals surface area (Å²) >= 11 is 0. The molecule has 0 heterocycles. The maximum atomic E-state index is 12.1. The second-order valence-electron chi connectivity index (χ2n) is 7.25. The zero-order valence-corrected chi connectivity index (χ0v) is 15.6. The maximum Gasteiger partial charge on any atom is 0.305 e. The molecule has 0 aliphatic heterocycles. The summed E-state index contributed by atoms with van der Waals surface area (Å²) in [5.74, 6) is -0.361. The molecule has 4 atom stereocenters. The van der Waals surface area contributed by atoms with E-state index < -0.39 is 0 Å². The minimum absolute atomic E-state index is 0.0415. The SMILES string of the molecule is COC(=O)C[C@H]1CCC(=O)[C@@H]1C/C=C/C[C@H]1C(=O)CC[C@@H]1CC(=O)OC. The molecule has 0 unspecified atom stereocenters. The van der Waals surface area contributed by atoms with Gasteiger partial charge in [0, 0.05) is 37.5 Å². The number of ketones is 2. The number of ether oxygens (including phenoxy) is 2. The van der Waals surface area contributed by atoms with Gasteiger partial charge in [0.2, 0.25) is 0 Å². The zero-order valence-electron chi connectivity index (χ0n) is 15.6. The van der Waals surface area contributed by atoms with Gasteiger partial charge in [-0.3, -0.25) is 19.2 Å². The molecule has 0 aromatic carbocycles. The van der Waals surface area contributed by atoms with Crippen LogP contribution in [0, 0.1) is 23.7 Å². The van der Waals surface area contributed by atoms with Crippen LogP contribution in [0.1, 0.15) is 51.4 Å². The normalized spacial score (nSPS) is 28.7. The van der Waals surface area contributed by atoms with Gasteiger partial charge in [-0.2, -0.15) is 0 Å². The minimum atomic E-state index is -0.277. The van der Waals surface area contributed by atoms with Gasteiger partial charge in [-0.1, -0.05) is 12.2 Å². The Kier molecular flexibility index (Phi) is 7.54. The highest BCUT2D eigenvalue weighted by atomic mass is 16.5. The van der Waals surface area contributed by atoms with E-state index in [4.69, 9.17) is 9.47 Å². The Morgan fingerprint density at radius 1 is 0.846 bits per heavy atom. The number of hydrogen-bond acceptors (Lipinski definition) is 6. The van der Waals surface area contributed by atoms with E-state index in [9.17, 15) is 19.2 Å². The van der Waals surface area contributed by atoms with Crippen molar-refractivity contribution in [2.24, 2.45) is 23.7 Å². The molecule has 2 rings (SSSR count). The first-order chi connectivity index (χ1) is 12.5. The van der Waals surface area contributed by atoms with Crippen LogP contribution < -0.4 is 0 Å². The van der Waals surface area contributed by atoms with Crippen LogP contribution in [0.25, 0.3) is 0 Å². The number of rotatable bonds is 8. The molecule has 0 amide bonds. The van der Waals surface area contributed by atoms with Crippen LogP contribution in [0.2, 0.25) is 0 Å². The molecule has 2 fully saturated rings. The monoisotopic (exact) mass is 364 g/mol. The fraction of sp³-hybridized carbons (Fsp3) is 0.700. The third-order valence-corrected chi connectivity index (χ3v) is 5.75. The van der Waals surface area contributed by atoms with Gasteiger partial charge in [0.05, 0.1) is 14.2 Å². The molecule has 2 aliphatic carbocycles. The molecule has 6 nitrogen and oxygen atoms in total. The van der Waals surface area contributed by atoms with E-state index in [0.29, 0.717) is 25.7 Å². The molecule has 26 heavy (non-hydrogen) atoms. The summed E-state index contributed by atoms with van der Waals surface area (Å²) in [5, 5.41) is 0. The van der Waals surface area contributed by atoms with Gasteiger partial charge in [-0.05, 0) is 37.5 Å². The maximum absolute atomic E-state index is 12.1. The van der Waals surface area contributed by atoms with E-state index in [1.54, 1.807) is 0 Å². The Morgan fingerprint density at radius 3 is 1.58 bits per heavy atom. The summed E-state index contributed by atoms with van der Waals surface area (Å²) in [6.45, 7) is 0. The molecule has 0 spiro atoms. The molecule has 0 bridgehead atoms. The molecule has 0 radical (unpaired) electrons. The van der Waals surface area contributed by atoms with Crippen molar-refractivity contribution in [2.75, 3.05) is 14.2 Å². The number of methoxy groups -OCH3 is 2. The number of hydrogen-bond donors (Lipinski definition) is 0. The van der Waals surface area contributed by atoms with Gasteiger partial charge in [-0.15, -0.1) is 0 Å². The Balaban J connectivity index is 1.86. The minimum Gasteiger partial charge on any atom is -0.469 e. The van der Waals surface area contributed by atoms with Gasteiger partial charge >= 0.3 is 11.9 Å². The summed E-state index contributed by atoms with van der Waals surface area (Å²) in [4.78, 5) is 47.1. The van der Waals surface area contributed by atoms with Crippen molar-refractivity contribution >= 4 is 23.5 Å². The quantitative estimate of drug-likeness (QED) is 0.486. The average Bonchev–Trinajstić information content (AvgIpc) is 3.15. The van der Waals surface area contributed by atoms with Crippen LogP contribution in [0.4, 0.5) is 0 Å². The second-order valence-corrected chi connectivity index (χ2v) is 7.25. The van der Waals surface area contributed by atoms with Crippen molar-refractivity contribution in [2.45, 2.75) is 51.4 Å². The Labute approximate surface area is 154 Å². The van der Waals surface area contributed by atoms with E-state index in [0.717, 1.165) is 12.8 Å². The van der Waals surface area contributed by atoms with Crippen molar-refractivity contribution in [3.8, 4) is 0 Å². The molecule has 2 aliphatic rings. The summed E-state index contributed by atoms with van der Waals surface area (Å²) in [7, 11) is 2.72. The molecule has 0 N–H and O–H groups in total. The molecule has 144 valence electrons. The lowest BCUT2D eigenvalue weighted by Gasteiger charge is -2.16. The second kappa shape index (κ2) is 9.64. The van der Waals surface area contributed by atoms with Crippen molar-refractivity contribution in [3.05, 3.63) is 12.2 Å². The third-order valence-electron chi connectivity index (χ3n) is 5.75. The predicted molar refractivity (Wildman–Crippen MR) is 94.1 cm³/mol. The fourth-order valence-electron chi connectivity index (χ4n) is 4.17. The van der Waals surface area contributed by atoms with Crippen LogP contribution in [0.3, 0.4) is 0 Å². The first-order valence-electron chi connectivity index (χ1n) is 9.30. The van der Waals surface area contributed by atoms with Crippen LogP contribution >= 0.6 is 0 Å². The highest BCUT2D eigenvalue weighted by Crippen LogP contribution is 2.36. The van der Waals surface area contributed by atoms with Gasteiger partial charge < -0.3 is 9.47 Å². The largest absolute Gasteiger partial charge is 0.469 e. The third kappa shape index (κ3) is 5.26. The van der Waals surface area contributed by atoms with Crippen LogP contribution in [-0.4, -0.2) is 37.7 Å². The van der Waals surface area contributed by atoms with Crippen LogP contribution in [0.15, 0.2) is 12.2 Å². The number of allylic oxidation sites excluding steroid dienone is 2. The topological polar surface area (TPSA) is 86.7 Å². The number of Topliss-reactive ketones (excluding diaryl/α,β-unsaturated/α-hetero) is 2. The Hall–Kier alpha value is -1.98. The highest BCUT2D eigenvalue weighted by molar-refractivity contribution is 5.85. The number of carbonyl (C=O) groups is 4. The van der Waals surface area contributed by atoms with Crippen LogP contribution in [-0.2, 0) is 28.7 Å². The first-order valence-corrected chi connectivity index (χ1v) is 9.30.